The van der Waals surface area contributed by atoms with E-state index in [1.807, 2.05) is 18.4 Å². The number of rotatable bonds is 4. The summed E-state index contributed by atoms with van der Waals surface area (Å²) < 4.78 is 0. The molecule has 0 saturated heterocycles. The standard InChI is InChI=1S/C11H19NS/c1-8-5-6-13-11(8)9(2)7-10(3)12-4/h5-6,9-10,12H,7H2,1-4H3. The fourth-order valence-electron chi connectivity index (χ4n) is 1.64. The molecule has 0 fully saturated rings. The van der Waals surface area contributed by atoms with E-state index in [-0.39, 0.29) is 0 Å². The molecule has 13 heavy (non-hydrogen) atoms. The zero-order valence-corrected chi connectivity index (χ0v) is 9.74. The van der Waals surface area contributed by atoms with E-state index in [9.17, 15) is 0 Å². The lowest BCUT2D eigenvalue weighted by atomic mass is 9.99. The van der Waals surface area contributed by atoms with Gasteiger partial charge >= 0.3 is 0 Å². The minimum absolute atomic E-state index is 0.608. The Hall–Kier alpha value is -0.340. The smallest absolute Gasteiger partial charge is 0.0103 e. The molecule has 0 spiro atoms. The van der Waals surface area contributed by atoms with Crippen LogP contribution in [0.15, 0.2) is 11.4 Å². The van der Waals surface area contributed by atoms with E-state index in [1.54, 1.807) is 4.88 Å². The van der Waals surface area contributed by atoms with Gasteiger partial charge < -0.3 is 5.32 Å². The third-order valence-electron chi connectivity index (χ3n) is 2.55. The Bertz CT molecular complexity index is 254. The van der Waals surface area contributed by atoms with Gasteiger partial charge in [0, 0.05) is 10.9 Å². The number of hydrogen-bond donors (Lipinski definition) is 1. The average Bonchev–Trinajstić information content (AvgIpc) is 2.51. The largest absolute Gasteiger partial charge is 0.317 e. The van der Waals surface area contributed by atoms with E-state index in [0.717, 1.165) is 0 Å². The molecule has 2 heteroatoms. The Morgan fingerprint density at radius 1 is 1.46 bits per heavy atom. The van der Waals surface area contributed by atoms with Crippen LogP contribution in [0.4, 0.5) is 0 Å². The number of nitrogens with one attached hydrogen (secondary N) is 1. The summed E-state index contributed by atoms with van der Waals surface area (Å²) in [5.74, 6) is 0.683. The SMILES string of the molecule is CNC(C)CC(C)c1sccc1C. The molecular weight excluding hydrogens is 178 g/mol. The highest BCUT2D eigenvalue weighted by molar-refractivity contribution is 7.10. The first-order chi connectivity index (χ1) is 6.15. The zero-order chi connectivity index (χ0) is 9.84. The van der Waals surface area contributed by atoms with E-state index in [4.69, 9.17) is 0 Å². The summed E-state index contributed by atoms with van der Waals surface area (Å²) in [5, 5.41) is 5.47. The Balaban J connectivity index is 2.58. The van der Waals surface area contributed by atoms with Crippen molar-refractivity contribution >= 4 is 11.3 Å². The van der Waals surface area contributed by atoms with Crippen LogP contribution in [0.2, 0.25) is 0 Å². The molecule has 1 aromatic rings. The average molecular weight is 197 g/mol. The van der Waals surface area contributed by atoms with E-state index < -0.39 is 0 Å². The first-order valence-electron chi connectivity index (χ1n) is 4.86. The fourth-order valence-corrected chi connectivity index (χ4v) is 2.65. The number of thiophene rings is 1. The molecule has 0 bridgehead atoms. The topological polar surface area (TPSA) is 12.0 Å². The predicted molar refractivity (Wildman–Crippen MR) is 60.6 cm³/mol. The molecule has 1 rings (SSSR count). The van der Waals surface area contributed by atoms with Crippen molar-refractivity contribution in [1.82, 2.24) is 5.32 Å². The van der Waals surface area contributed by atoms with Crippen LogP contribution in [0.25, 0.3) is 0 Å². The normalized spacial score (nSPS) is 15.7. The van der Waals surface area contributed by atoms with Gasteiger partial charge in [-0.15, -0.1) is 11.3 Å². The Morgan fingerprint density at radius 2 is 2.15 bits per heavy atom. The maximum Gasteiger partial charge on any atom is 0.0103 e. The van der Waals surface area contributed by atoms with Crippen molar-refractivity contribution in [2.24, 2.45) is 0 Å². The quantitative estimate of drug-likeness (QED) is 0.782. The first-order valence-corrected chi connectivity index (χ1v) is 5.74. The molecule has 2 atom stereocenters. The highest BCUT2D eigenvalue weighted by atomic mass is 32.1. The second kappa shape index (κ2) is 4.77. The van der Waals surface area contributed by atoms with E-state index in [2.05, 4.69) is 37.5 Å². The fraction of sp³-hybridized carbons (Fsp3) is 0.636. The van der Waals surface area contributed by atoms with Crippen LogP contribution in [0, 0.1) is 6.92 Å². The maximum atomic E-state index is 3.28. The minimum Gasteiger partial charge on any atom is -0.317 e. The van der Waals surface area contributed by atoms with Gasteiger partial charge in [-0.1, -0.05) is 6.92 Å². The molecule has 1 N–H and O–H groups in total. The highest BCUT2D eigenvalue weighted by Gasteiger charge is 2.12. The van der Waals surface area contributed by atoms with Gasteiger partial charge in [-0.25, -0.2) is 0 Å². The lowest BCUT2D eigenvalue weighted by Crippen LogP contribution is -2.22. The molecular formula is C11H19NS. The van der Waals surface area contributed by atoms with Gasteiger partial charge in [0.2, 0.25) is 0 Å². The van der Waals surface area contributed by atoms with Crippen molar-refractivity contribution in [3.63, 3.8) is 0 Å². The number of hydrogen-bond acceptors (Lipinski definition) is 2. The molecule has 0 saturated carbocycles. The number of aryl methyl sites for hydroxylation is 1. The molecule has 1 aromatic heterocycles. The predicted octanol–water partition coefficient (Wildman–Crippen LogP) is 3.16. The Labute approximate surface area is 85.2 Å². The summed E-state index contributed by atoms with van der Waals surface area (Å²) in [6, 6.07) is 2.82. The molecule has 0 aromatic carbocycles. The molecule has 0 aliphatic rings. The van der Waals surface area contributed by atoms with Crippen molar-refractivity contribution in [2.75, 3.05) is 7.05 Å². The van der Waals surface area contributed by atoms with E-state index in [0.29, 0.717) is 12.0 Å². The molecule has 74 valence electrons. The molecule has 0 amide bonds. The van der Waals surface area contributed by atoms with Crippen LogP contribution in [0.1, 0.15) is 36.6 Å². The van der Waals surface area contributed by atoms with Crippen LogP contribution in [0.3, 0.4) is 0 Å². The zero-order valence-electron chi connectivity index (χ0n) is 8.92. The van der Waals surface area contributed by atoms with Gasteiger partial charge in [0.1, 0.15) is 0 Å². The summed E-state index contributed by atoms with van der Waals surface area (Å²) in [6.07, 6.45) is 1.22. The monoisotopic (exact) mass is 197 g/mol. The van der Waals surface area contributed by atoms with Gasteiger partial charge in [0.05, 0.1) is 0 Å². The lowest BCUT2D eigenvalue weighted by Gasteiger charge is -2.16. The van der Waals surface area contributed by atoms with Crippen LogP contribution < -0.4 is 5.32 Å². The lowest BCUT2D eigenvalue weighted by molar-refractivity contribution is 0.519. The molecule has 0 aliphatic carbocycles. The Morgan fingerprint density at radius 3 is 2.62 bits per heavy atom. The summed E-state index contributed by atoms with van der Waals surface area (Å²) in [4.78, 5) is 1.54. The summed E-state index contributed by atoms with van der Waals surface area (Å²) in [7, 11) is 2.03. The summed E-state index contributed by atoms with van der Waals surface area (Å²) in [6.45, 7) is 6.75. The maximum absolute atomic E-state index is 3.28. The van der Waals surface area contributed by atoms with Crippen LogP contribution in [-0.2, 0) is 0 Å². The molecule has 0 aliphatic heterocycles. The third kappa shape index (κ3) is 2.82. The Kier molecular flexibility index (Phi) is 3.94. The van der Waals surface area contributed by atoms with Crippen molar-refractivity contribution in [2.45, 2.75) is 39.2 Å². The van der Waals surface area contributed by atoms with Gasteiger partial charge in [-0.2, -0.15) is 0 Å². The van der Waals surface area contributed by atoms with Gasteiger partial charge in [-0.3, -0.25) is 0 Å². The molecule has 2 unspecified atom stereocenters. The molecule has 1 nitrogen and oxygen atoms in total. The summed E-state index contributed by atoms with van der Waals surface area (Å²) >= 11 is 1.88. The summed E-state index contributed by atoms with van der Waals surface area (Å²) in [5.41, 5.74) is 1.45. The first kappa shape index (κ1) is 10.7. The van der Waals surface area contributed by atoms with Crippen LogP contribution in [0.5, 0.6) is 0 Å². The van der Waals surface area contributed by atoms with Gasteiger partial charge in [0.15, 0.2) is 0 Å². The third-order valence-corrected chi connectivity index (χ3v) is 3.80. The van der Waals surface area contributed by atoms with E-state index in [1.165, 1.54) is 12.0 Å². The highest BCUT2D eigenvalue weighted by Crippen LogP contribution is 2.28. The minimum atomic E-state index is 0.608. The second-order valence-corrected chi connectivity index (χ2v) is 4.74. The molecule has 1 heterocycles. The molecule has 0 radical (unpaired) electrons. The van der Waals surface area contributed by atoms with Crippen molar-refractivity contribution in [3.8, 4) is 0 Å². The van der Waals surface area contributed by atoms with Crippen LogP contribution >= 0.6 is 11.3 Å². The van der Waals surface area contributed by atoms with E-state index >= 15 is 0 Å². The van der Waals surface area contributed by atoms with Crippen LogP contribution in [-0.4, -0.2) is 13.1 Å². The van der Waals surface area contributed by atoms with Gasteiger partial charge in [0.25, 0.3) is 0 Å². The van der Waals surface area contributed by atoms with Crippen molar-refractivity contribution < 1.29 is 0 Å². The second-order valence-electron chi connectivity index (χ2n) is 3.79. The van der Waals surface area contributed by atoms with Crippen molar-refractivity contribution in [1.29, 1.82) is 0 Å². The van der Waals surface area contributed by atoms with Gasteiger partial charge in [-0.05, 0) is 50.2 Å². The van der Waals surface area contributed by atoms with Crippen molar-refractivity contribution in [3.05, 3.63) is 21.9 Å².